The van der Waals surface area contributed by atoms with Gasteiger partial charge in [0.1, 0.15) is 0 Å². The molecule has 1 fully saturated rings. The van der Waals surface area contributed by atoms with Crippen LogP contribution in [0.3, 0.4) is 0 Å². The maximum atomic E-state index is 4.58. The van der Waals surface area contributed by atoms with Crippen LogP contribution in [-0.2, 0) is 6.54 Å². The van der Waals surface area contributed by atoms with E-state index in [1.54, 1.807) is 0 Å². The van der Waals surface area contributed by atoms with E-state index in [4.69, 9.17) is 0 Å². The van der Waals surface area contributed by atoms with Gasteiger partial charge in [-0.15, -0.1) is 0 Å². The molecule has 1 N–H and O–H groups in total. The summed E-state index contributed by atoms with van der Waals surface area (Å²) >= 11 is 0. The van der Waals surface area contributed by atoms with Crippen molar-refractivity contribution in [3.05, 3.63) is 18.0 Å². The van der Waals surface area contributed by atoms with Gasteiger partial charge in [-0.1, -0.05) is 13.8 Å². The van der Waals surface area contributed by atoms with E-state index < -0.39 is 0 Å². The molecule has 1 saturated carbocycles. The zero-order valence-corrected chi connectivity index (χ0v) is 12.2. The molecule has 1 aliphatic carbocycles. The highest BCUT2D eigenvalue weighted by molar-refractivity contribution is 4.99. The second-order valence-electron chi connectivity index (χ2n) is 6.70. The quantitative estimate of drug-likeness (QED) is 0.884. The van der Waals surface area contributed by atoms with Crippen LogP contribution >= 0.6 is 0 Å². The van der Waals surface area contributed by atoms with Gasteiger partial charge < -0.3 is 5.32 Å². The van der Waals surface area contributed by atoms with Crippen LogP contribution in [0.1, 0.15) is 65.1 Å². The highest BCUT2D eigenvalue weighted by atomic mass is 15.3. The largest absolute Gasteiger partial charge is 0.308 e. The Hall–Kier alpha value is -0.830. The lowest BCUT2D eigenvalue weighted by molar-refractivity contribution is 0.205. The van der Waals surface area contributed by atoms with Crippen molar-refractivity contribution in [3.8, 4) is 0 Å². The predicted octanol–water partition coefficient (Wildman–Crippen LogP) is 3.52. The molecule has 0 saturated heterocycles. The van der Waals surface area contributed by atoms with E-state index in [-0.39, 0.29) is 0 Å². The van der Waals surface area contributed by atoms with Crippen molar-refractivity contribution < 1.29 is 0 Å². The molecule has 0 radical (unpaired) electrons. The number of hydrogen-bond donors (Lipinski definition) is 1. The predicted molar refractivity (Wildman–Crippen MR) is 75.5 cm³/mol. The Morgan fingerprint density at radius 1 is 1.39 bits per heavy atom. The molecule has 0 amide bonds. The van der Waals surface area contributed by atoms with Crippen molar-refractivity contribution in [1.82, 2.24) is 15.1 Å². The lowest BCUT2D eigenvalue weighted by Gasteiger charge is -2.34. The molecule has 102 valence electrons. The number of rotatable bonds is 4. The highest BCUT2D eigenvalue weighted by Gasteiger charge is 2.26. The maximum Gasteiger partial charge on any atom is 0.0762 e. The van der Waals surface area contributed by atoms with E-state index in [2.05, 4.69) is 50.4 Å². The number of aromatic nitrogens is 2. The molecule has 18 heavy (non-hydrogen) atoms. The van der Waals surface area contributed by atoms with Gasteiger partial charge in [-0.2, -0.15) is 5.10 Å². The first-order valence-electron chi connectivity index (χ1n) is 7.24. The molecule has 1 heterocycles. The van der Waals surface area contributed by atoms with Gasteiger partial charge in [-0.3, -0.25) is 4.68 Å². The van der Waals surface area contributed by atoms with Crippen LogP contribution in [0.4, 0.5) is 0 Å². The number of nitrogens with one attached hydrogen (secondary N) is 1. The smallest absolute Gasteiger partial charge is 0.0762 e. The summed E-state index contributed by atoms with van der Waals surface area (Å²) in [5.74, 6) is 0. The van der Waals surface area contributed by atoms with Crippen LogP contribution in [0.15, 0.2) is 12.3 Å². The topological polar surface area (TPSA) is 29.9 Å². The molecule has 0 aliphatic heterocycles. The van der Waals surface area contributed by atoms with Crippen LogP contribution in [0.25, 0.3) is 0 Å². The van der Waals surface area contributed by atoms with Gasteiger partial charge in [0.15, 0.2) is 0 Å². The molecule has 3 nitrogen and oxygen atoms in total. The fourth-order valence-electron chi connectivity index (χ4n) is 2.61. The van der Waals surface area contributed by atoms with Crippen LogP contribution < -0.4 is 5.32 Å². The second-order valence-corrected chi connectivity index (χ2v) is 6.70. The van der Waals surface area contributed by atoms with Crippen molar-refractivity contribution in [2.75, 3.05) is 0 Å². The first-order valence-corrected chi connectivity index (χ1v) is 7.24. The van der Waals surface area contributed by atoms with Gasteiger partial charge in [-0.05, 0) is 51.0 Å². The third kappa shape index (κ3) is 3.58. The van der Waals surface area contributed by atoms with Crippen LogP contribution in [0.2, 0.25) is 0 Å². The summed E-state index contributed by atoms with van der Waals surface area (Å²) in [5, 5.41) is 8.23. The van der Waals surface area contributed by atoms with Gasteiger partial charge in [0.25, 0.3) is 0 Å². The third-order valence-electron chi connectivity index (χ3n) is 4.10. The van der Waals surface area contributed by atoms with E-state index >= 15 is 0 Å². The Morgan fingerprint density at radius 2 is 2.06 bits per heavy atom. The third-order valence-corrected chi connectivity index (χ3v) is 4.10. The van der Waals surface area contributed by atoms with Crippen LogP contribution in [0.5, 0.6) is 0 Å². The molecule has 1 aromatic rings. The highest BCUT2D eigenvalue weighted by Crippen LogP contribution is 2.34. The average Bonchev–Trinajstić information content (AvgIpc) is 2.76. The van der Waals surface area contributed by atoms with E-state index in [0.717, 1.165) is 12.2 Å². The summed E-state index contributed by atoms with van der Waals surface area (Å²) in [5.41, 5.74) is 1.71. The Balaban J connectivity index is 1.78. The lowest BCUT2D eigenvalue weighted by Crippen LogP contribution is -2.35. The van der Waals surface area contributed by atoms with Gasteiger partial charge >= 0.3 is 0 Å². The van der Waals surface area contributed by atoms with E-state index in [0.29, 0.717) is 17.5 Å². The van der Waals surface area contributed by atoms with E-state index in [1.165, 1.54) is 25.7 Å². The Morgan fingerprint density at radius 3 is 2.61 bits per heavy atom. The number of hydrogen-bond acceptors (Lipinski definition) is 2. The molecular formula is C15H27N3. The molecular weight excluding hydrogens is 222 g/mol. The first kappa shape index (κ1) is 13.6. The monoisotopic (exact) mass is 249 g/mol. The minimum atomic E-state index is 0.453. The molecule has 0 bridgehead atoms. The summed E-state index contributed by atoms with van der Waals surface area (Å²) in [6, 6.07) is 3.26. The zero-order chi connectivity index (χ0) is 13.2. The minimum Gasteiger partial charge on any atom is -0.308 e. The molecule has 1 aromatic heterocycles. The van der Waals surface area contributed by atoms with Crippen molar-refractivity contribution in [1.29, 1.82) is 0 Å². The van der Waals surface area contributed by atoms with Crippen molar-refractivity contribution in [2.45, 2.75) is 72.0 Å². The normalized spacial score (nSPS) is 20.5. The Bertz CT molecular complexity index is 369. The summed E-state index contributed by atoms with van der Waals surface area (Å²) in [6.45, 7) is 9.99. The first-order chi connectivity index (χ1) is 8.46. The van der Waals surface area contributed by atoms with Crippen molar-refractivity contribution in [3.63, 3.8) is 0 Å². The molecule has 0 aromatic carbocycles. The fourth-order valence-corrected chi connectivity index (χ4v) is 2.61. The van der Waals surface area contributed by atoms with Gasteiger partial charge in [0.2, 0.25) is 0 Å². The van der Waals surface area contributed by atoms with E-state index in [9.17, 15) is 0 Å². The molecule has 3 heteroatoms. The van der Waals surface area contributed by atoms with Crippen molar-refractivity contribution >= 4 is 0 Å². The van der Waals surface area contributed by atoms with Gasteiger partial charge in [0.05, 0.1) is 5.69 Å². The molecule has 0 spiro atoms. The average molecular weight is 249 g/mol. The SMILES string of the molecule is CC(C)n1ccc(CNC2CCC(C)(C)CC2)n1. The van der Waals surface area contributed by atoms with Gasteiger partial charge in [-0.25, -0.2) is 0 Å². The molecule has 2 rings (SSSR count). The zero-order valence-electron chi connectivity index (χ0n) is 12.2. The summed E-state index contributed by atoms with van der Waals surface area (Å²) in [4.78, 5) is 0. The molecule has 1 aliphatic rings. The number of nitrogens with zero attached hydrogens (tertiary/aromatic N) is 2. The standard InChI is InChI=1S/C15H27N3/c1-12(2)18-10-7-14(17-18)11-16-13-5-8-15(3,4)9-6-13/h7,10,12-13,16H,5-6,8-9,11H2,1-4H3. The Kier molecular flexibility index (Phi) is 4.10. The second kappa shape index (κ2) is 5.43. The fraction of sp³-hybridized carbons (Fsp3) is 0.800. The summed E-state index contributed by atoms with van der Waals surface area (Å²) < 4.78 is 2.03. The van der Waals surface area contributed by atoms with Gasteiger partial charge in [0, 0.05) is 24.8 Å². The maximum absolute atomic E-state index is 4.58. The summed E-state index contributed by atoms with van der Waals surface area (Å²) in [6.07, 6.45) is 7.36. The molecule has 0 atom stereocenters. The summed E-state index contributed by atoms with van der Waals surface area (Å²) in [7, 11) is 0. The minimum absolute atomic E-state index is 0.453. The van der Waals surface area contributed by atoms with E-state index in [1.807, 2.05) is 4.68 Å². The lowest BCUT2D eigenvalue weighted by atomic mass is 9.75. The van der Waals surface area contributed by atoms with Crippen LogP contribution in [0, 0.1) is 5.41 Å². The Labute approximate surface area is 111 Å². The molecule has 0 unspecified atom stereocenters. The van der Waals surface area contributed by atoms with Crippen LogP contribution in [-0.4, -0.2) is 15.8 Å². The van der Waals surface area contributed by atoms with Crippen molar-refractivity contribution in [2.24, 2.45) is 5.41 Å².